The van der Waals surface area contributed by atoms with Crippen LogP contribution in [0.5, 0.6) is 5.75 Å². The Hall–Kier alpha value is -3.09. The van der Waals surface area contributed by atoms with Gasteiger partial charge in [-0.1, -0.05) is 13.0 Å². The van der Waals surface area contributed by atoms with E-state index in [0.717, 1.165) is 17.9 Å². The van der Waals surface area contributed by atoms with Gasteiger partial charge in [0.05, 0.1) is 13.1 Å². The first-order valence-electron chi connectivity index (χ1n) is 10.6. The highest BCUT2D eigenvalue weighted by atomic mass is 16.5. The predicted octanol–water partition coefficient (Wildman–Crippen LogP) is 2.96. The monoisotopic (exact) mass is 406 g/mol. The Morgan fingerprint density at radius 3 is 2.43 bits per heavy atom. The number of benzene rings is 1. The number of aromatic nitrogens is 1. The number of anilines is 1. The highest BCUT2D eigenvalue weighted by molar-refractivity contribution is 5.90. The molecule has 3 amide bonds. The zero-order valence-electron chi connectivity index (χ0n) is 17.0. The summed E-state index contributed by atoms with van der Waals surface area (Å²) in [6, 6.07) is 11.3. The maximum absolute atomic E-state index is 12.4. The summed E-state index contributed by atoms with van der Waals surface area (Å²) in [5, 5.41) is 2.93. The Bertz CT molecular complexity index is 921. The van der Waals surface area contributed by atoms with Gasteiger partial charge in [-0.05, 0) is 48.2 Å². The number of ether oxygens (including phenoxy) is 1. The van der Waals surface area contributed by atoms with Crippen LogP contribution in [0.15, 0.2) is 48.8 Å². The summed E-state index contributed by atoms with van der Waals surface area (Å²) in [6.45, 7) is 4.85. The first kappa shape index (κ1) is 18.9. The maximum Gasteiger partial charge on any atom is 0.321 e. The van der Waals surface area contributed by atoms with Crippen molar-refractivity contribution in [3.63, 3.8) is 0 Å². The van der Waals surface area contributed by atoms with Crippen molar-refractivity contribution in [2.24, 2.45) is 11.8 Å². The number of hydrogen-bond donors (Lipinski definition) is 1. The third-order valence-electron chi connectivity index (χ3n) is 6.32. The zero-order chi connectivity index (χ0) is 20.7. The summed E-state index contributed by atoms with van der Waals surface area (Å²) >= 11 is 0. The lowest BCUT2D eigenvalue weighted by Gasteiger charge is -2.39. The molecule has 0 radical (unpaired) electrons. The SMILES string of the molecule is CC1CC1C(=O)N1CC(Oc2ccc(NC(=O)N3CC(c4cccnc4)C3)cc2)C1. The molecule has 1 aliphatic carbocycles. The van der Waals surface area contributed by atoms with Gasteiger partial charge in [-0.2, -0.15) is 0 Å². The number of pyridine rings is 1. The molecule has 7 nitrogen and oxygen atoms in total. The number of likely N-dealkylation sites (tertiary alicyclic amines) is 2. The Labute approximate surface area is 176 Å². The fraction of sp³-hybridized carbons (Fsp3) is 0.435. The van der Waals surface area contributed by atoms with Gasteiger partial charge in [0, 0.05) is 43.0 Å². The van der Waals surface area contributed by atoms with E-state index in [4.69, 9.17) is 4.74 Å². The molecule has 3 aliphatic rings. The Balaban J connectivity index is 1.05. The van der Waals surface area contributed by atoms with Crippen LogP contribution in [0.4, 0.5) is 10.5 Å². The topological polar surface area (TPSA) is 74.8 Å². The second-order valence-corrected chi connectivity index (χ2v) is 8.65. The molecule has 1 saturated carbocycles. The number of hydrogen-bond acceptors (Lipinski definition) is 4. The van der Waals surface area contributed by atoms with Crippen molar-refractivity contribution in [1.82, 2.24) is 14.8 Å². The van der Waals surface area contributed by atoms with E-state index in [2.05, 4.69) is 23.3 Å². The lowest BCUT2D eigenvalue weighted by molar-refractivity contribution is -0.141. The van der Waals surface area contributed by atoms with Crippen LogP contribution in [-0.4, -0.2) is 59.0 Å². The number of amides is 3. The quantitative estimate of drug-likeness (QED) is 0.829. The van der Waals surface area contributed by atoms with Gasteiger partial charge in [0.2, 0.25) is 5.91 Å². The molecule has 2 atom stereocenters. The summed E-state index contributed by atoms with van der Waals surface area (Å²) in [6.07, 6.45) is 4.70. The molecule has 3 heterocycles. The van der Waals surface area contributed by atoms with Crippen LogP contribution in [0.3, 0.4) is 0 Å². The minimum absolute atomic E-state index is 0.0499. The first-order chi connectivity index (χ1) is 14.6. The largest absolute Gasteiger partial charge is 0.487 e. The Kier molecular flexibility index (Phi) is 4.81. The van der Waals surface area contributed by atoms with E-state index in [1.54, 1.807) is 11.1 Å². The number of carbonyl (C=O) groups is 2. The molecule has 156 valence electrons. The van der Waals surface area contributed by atoms with E-state index >= 15 is 0 Å². The van der Waals surface area contributed by atoms with E-state index < -0.39 is 0 Å². The number of carbonyl (C=O) groups excluding carboxylic acids is 2. The Morgan fingerprint density at radius 2 is 1.80 bits per heavy atom. The standard InChI is InChI=1S/C23H26N4O3/c1-15-9-21(15)22(28)26-13-20(14-26)30-19-6-4-18(5-7-19)25-23(29)27-11-17(12-27)16-3-2-8-24-10-16/h2-8,10,15,17,20-21H,9,11-14H2,1H3,(H,25,29). The molecule has 1 N–H and O–H groups in total. The van der Waals surface area contributed by atoms with Crippen molar-refractivity contribution in [2.45, 2.75) is 25.4 Å². The molecule has 1 aromatic heterocycles. The second kappa shape index (κ2) is 7.63. The van der Waals surface area contributed by atoms with Gasteiger partial charge < -0.3 is 19.9 Å². The van der Waals surface area contributed by atoms with Gasteiger partial charge in [-0.25, -0.2) is 4.79 Å². The molecule has 7 heteroatoms. The minimum Gasteiger partial charge on any atom is -0.487 e. The average Bonchev–Trinajstić information content (AvgIpc) is 3.41. The van der Waals surface area contributed by atoms with Crippen LogP contribution in [0.1, 0.15) is 24.8 Å². The molecule has 0 spiro atoms. The molecule has 1 aromatic carbocycles. The molecule has 2 unspecified atom stereocenters. The zero-order valence-corrected chi connectivity index (χ0v) is 17.0. The lowest BCUT2D eigenvalue weighted by atomic mass is 9.93. The lowest BCUT2D eigenvalue weighted by Crippen LogP contribution is -2.56. The van der Waals surface area contributed by atoms with Crippen molar-refractivity contribution >= 4 is 17.6 Å². The van der Waals surface area contributed by atoms with Crippen molar-refractivity contribution in [3.05, 3.63) is 54.4 Å². The van der Waals surface area contributed by atoms with Crippen molar-refractivity contribution in [2.75, 3.05) is 31.5 Å². The third kappa shape index (κ3) is 3.84. The third-order valence-corrected chi connectivity index (χ3v) is 6.32. The van der Waals surface area contributed by atoms with E-state index in [-0.39, 0.29) is 24.0 Å². The maximum atomic E-state index is 12.4. The van der Waals surface area contributed by atoms with E-state index in [1.165, 1.54) is 5.56 Å². The summed E-state index contributed by atoms with van der Waals surface area (Å²) < 4.78 is 5.94. The van der Waals surface area contributed by atoms with Gasteiger partial charge in [0.1, 0.15) is 11.9 Å². The molecule has 30 heavy (non-hydrogen) atoms. The van der Waals surface area contributed by atoms with Crippen molar-refractivity contribution in [3.8, 4) is 5.75 Å². The predicted molar refractivity (Wildman–Crippen MR) is 112 cm³/mol. The normalized spacial score (nSPS) is 23.4. The molecule has 2 saturated heterocycles. The van der Waals surface area contributed by atoms with Gasteiger partial charge >= 0.3 is 6.03 Å². The molecule has 2 aliphatic heterocycles. The van der Waals surface area contributed by atoms with Crippen LogP contribution < -0.4 is 10.1 Å². The summed E-state index contributed by atoms with van der Waals surface area (Å²) in [7, 11) is 0. The smallest absolute Gasteiger partial charge is 0.321 e. The first-order valence-corrected chi connectivity index (χ1v) is 10.6. The minimum atomic E-state index is -0.0914. The van der Waals surface area contributed by atoms with Crippen molar-refractivity contribution in [1.29, 1.82) is 0 Å². The van der Waals surface area contributed by atoms with Crippen LogP contribution in [0.2, 0.25) is 0 Å². The van der Waals surface area contributed by atoms with Gasteiger partial charge in [0.25, 0.3) is 0 Å². The van der Waals surface area contributed by atoms with Gasteiger partial charge in [-0.15, -0.1) is 0 Å². The fourth-order valence-electron chi connectivity index (χ4n) is 4.08. The molecule has 0 bridgehead atoms. The molecular weight excluding hydrogens is 380 g/mol. The van der Waals surface area contributed by atoms with Gasteiger partial charge in [0.15, 0.2) is 0 Å². The molecule has 5 rings (SSSR count). The molecule has 2 aromatic rings. The van der Waals surface area contributed by atoms with E-state index in [0.29, 0.717) is 38.0 Å². The number of rotatable bonds is 5. The average molecular weight is 406 g/mol. The number of nitrogens with one attached hydrogen (secondary N) is 1. The van der Waals surface area contributed by atoms with Crippen LogP contribution >= 0.6 is 0 Å². The highest BCUT2D eigenvalue weighted by Crippen LogP contribution is 2.40. The van der Waals surface area contributed by atoms with Gasteiger partial charge in [-0.3, -0.25) is 9.78 Å². The summed E-state index contributed by atoms with van der Waals surface area (Å²) in [5.74, 6) is 2.16. The number of nitrogens with zero attached hydrogens (tertiary/aromatic N) is 3. The fourth-order valence-corrected chi connectivity index (χ4v) is 4.08. The Morgan fingerprint density at radius 1 is 1.07 bits per heavy atom. The van der Waals surface area contributed by atoms with Crippen molar-refractivity contribution < 1.29 is 14.3 Å². The molecular formula is C23H26N4O3. The highest BCUT2D eigenvalue weighted by Gasteiger charge is 2.45. The second-order valence-electron chi connectivity index (χ2n) is 8.65. The summed E-state index contributed by atoms with van der Waals surface area (Å²) in [4.78, 5) is 32.4. The van der Waals surface area contributed by atoms with Crippen LogP contribution in [0.25, 0.3) is 0 Å². The summed E-state index contributed by atoms with van der Waals surface area (Å²) in [5.41, 5.74) is 1.91. The number of urea groups is 1. The van der Waals surface area contributed by atoms with Crippen LogP contribution in [0, 0.1) is 11.8 Å². The van der Waals surface area contributed by atoms with Crippen LogP contribution in [-0.2, 0) is 4.79 Å². The van der Waals surface area contributed by atoms with E-state index in [1.807, 2.05) is 41.4 Å². The molecule has 3 fully saturated rings. The van der Waals surface area contributed by atoms with E-state index in [9.17, 15) is 9.59 Å².